The Morgan fingerprint density at radius 1 is 1.77 bits per heavy atom. The summed E-state index contributed by atoms with van der Waals surface area (Å²) < 4.78 is 5.08. The van der Waals surface area contributed by atoms with Crippen LogP contribution in [0, 0.1) is 0 Å². The van der Waals surface area contributed by atoms with E-state index in [0.717, 1.165) is 13.0 Å². The Morgan fingerprint density at radius 3 is 2.85 bits per heavy atom. The highest BCUT2D eigenvalue weighted by Gasteiger charge is 2.31. The number of likely N-dealkylation sites (tertiary alicyclic amines) is 1. The molecule has 13 heavy (non-hydrogen) atoms. The summed E-state index contributed by atoms with van der Waals surface area (Å²) in [6.07, 6.45) is 1.58. The standard InChI is InChI=1S/C9H16BrNO2/c1-3-8(6-13-2)11-5-7(10)4-9(11)12/h7-8H,3-6H2,1-2H3. The molecule has 2 unspecified atom stereocenters. The fourth-order valence-electron chi connectivity index (χ4n) is 1.66. The van der Waals surface area contributed by atoms with E-state index in [2.05, 4.69) is 22.9 Å². The molecular formula is C9H16BrNO2. The number of carbonyl (C=O) groups is 1. The Balaban J connectivity index is 2.53. The van der Waals surface area contributed by atoms with Crippen molar-refractivity contribution in [2.24, 2.45) is 0 Å². The van der Waals surface area contributed by atoms with Crippen molar-refractivity contribution in [3.05, 3.63) is 0 Å². The molecule has 1 heterocycles. The SMILES string of the molecule is CCC(COC)N1CC(Br)CC1=O. The number of alkyl halides is 1. The molecular weight excluding hydrogens is 234 g/mol. The number of hydrogen-bond donors (Lipinski definition) is 0. The fourth-order valence-corrected chi connectivity index (χ4v) is 2.25. The van der Waals surface area contributed by atoms with Crippen LogP contribution >= 0.6 is 15.9 Å². The number of methoxy groups -OCH3 is 1. The third-order valence-corrected chi connectivity index (χ3v) is 3.00. The zero-order valence-electron chi connectivity index (χ0n) is 8.12. The second-order valence-electron chi connectivity index (χ2n) is 3.36. The highest BCUT2D eigenvalue weighted by molar-refractivity contribution is 9.09. The van der Waals surface area contributed by atoms with Gasteiger partial charge in [0.05, 0.1) is 12.6 Å². The minimum Gasteiger partial charge on any atom is -0.383 e. The monoisotopic (exact) mass is 249 g/mol. The molecule has 1 aliphatic rings. The van der Waals surface area contributed by atoms with Gasteiger partial charge in [0, 0.05) is 24.9 Å². The summed E-state index contributed by atoms with van der Waals surface area (Å²) in [5.74, 6) is 0.241. The fraction of sp³-hybridized carbons (Fsp3) is 0.889. The van der Waals surface area contributed by atoms with Gasteiger partial charge in [0.1, 0.15) is 0 Å². The smallest absolute Gasteiger partial charge is 0.224 e. The number of amides is 1. The van der Waals surface area contributed by atoms with Crippen LogP contribution in [0.5, 0.6) is 0 Å². The first-order valence-corrected chi connectivity index (χ1v) is 5.53. The summed E-state index contributed by atoms with van der Waals surface area (Å²) >= 11 is 3.46. The van der Waals surface area contributed by atoms with Gasteiger partial charge in [-0.25, -0.2) is 0 Å². The van der Waals surface area contributed by atoms with Crippen LogP contribution in [0.3, 0.4) is 0 Å². The van der Waals surface area contributed by atoms with Crippen LogP contribution in [-0.4, -0.2) is 41.9 Å². The summed E-state index contributed by atoms with van der Waals surface area (Å²) in [5, 5.41) is 0. The topological polar surface area (TPSA) is 29.5 Å². The van der Waals surface area contributed by atoms with Crippen LogP contribution in [0.1, 0.15) is 19.8 Å². The Hall–Kier alpha value is -0.0900. The first-order chi connectivity index (χ1) is 6.19. The third kappa shape index (κ3) is 2.68. The predicted octanol–water partition coefficient (Wildman–Crippen LogP) is 1.41. The maximum atomic E-state index is 11.5. The second-order valence-corrected chi connectivity index (χ2v) is 4.66. The summed E-state index contributed by atoms with van der Waals surface area (Å²) in [4.78, 5) is 13.7. The number of halogens is 1. The molecule has 0 saturated carbocycles. The summed E-state index contributed by atoms with van der Waals surface area (Å²) in [6.45, 7) is 3.54. The van der Waals surface area contributed by atoms with Gasteiger partial charge in [0.15, 0.2) is 0 Å². The number of ether oxygens (including phenoxy) is 1. The minimum absolute atomic E-state index is 0.241. The highest BCUT2D eigenvalue weighted by atomic mass is 79.9. The van der Waals surface area contributed by atoms with Gasteiger partial charge in [-0.1, -0.05) is 22.9 Å². The molecule has 0 spiro atoms. The Labute approximate surface area is 87.6 Å². The van der Waals surface area contributed by atoms with Crippen LogP contribution < -0.4 is 0 Å². The molecule has 1 saturated heterocycles. The normalized spacial score (nSPS) is 25.3. The van der Waals surface area contributed by atoms with Crippen molar-refractivity contribution in [1.29, 1.82) is 0 Å². The Bertz CT molecular complexity index is 186. The quantitative estimate of drug-likeness (QED) is 0.706. The number of carbonyl (C=O) groups excluding carboxylic acids is 1. The lowest BCUT2D eigenvalue weighted by atomic mass is 10.2. The number of rotatable bonds is 4. The van der Waals surface area contributed by atoms with Crippen LogP contribution in [0.15, 0.2) is 0 Å². The van der Waals surface area contributed by atoms with Crippen molar-refractivity contribution in [1.82, 2.24) is 4.90 Å². The molecule has 0 aromatic heterocycles. The van der Waals surface area contributed by atoms with E-state index in [1.807, 2.05) is 4.90 Å². The molecule has 0 aromatic rings. The van der Waals surface area contributed by atoms with Gasteiger partial charge in [-0.15, -0.1) is 0 Å². The molecule has 1 aliphatic heterocycles. The zero-order chi connectivity index (χ0) is 9.84. The van der Waals surface area contributed by atoms with Crippen molar-refractivity contribution < 1.29 is 9.53 Å². The molecule has 1 amide bonds. The van der Waals surface area contributed by atoms with Gasteiger partial charge in [-0.05, 0) is 6.42 Å². The minimum atomic E-state index is 0.241. The van der Waals surface area contributed by atoms with Gasteiger partial charge in [-0.2, -0.15) is 0 Å². The van der Waals surface area contributed by atoms with E-state index in [9.17, 15) is 4.79 Å². The Kier molecular flexibility index (Phi) is 4.19. The number of hydrogen-bond acceptors (Lipinski definition) is 2. The van der Waals surface area contributed by atoms with Gasteiger partial charge in [0.2, 0.25) is 5.91 Å². The van der Waals surface area contributed by atoms with Crippen LogP contribution in [0.4, 0.5) is 0 Å². The van der Waals surface area contributed by atoms with E-state index < -0.39 is 0 Å². The first kappa shape index (κ1) is 11.0. The first-order valence-electron chi connectivity index (χ1n) is 4.61. The summed E-state index contributed by atoms with van der Waals surface area (Å²) in [5.41, 5.74) is 0. The van der Waals surface area contributed by atoms with E-state index in [1.54, 1.807) is 7.11 Å². The molecule has 1 fully saturated rings. The van der Waals surface area contributed by atoms with Crippen LogP contribution in [-0.2, 0) is 9.53 Å². The second kappa shape index (κ2) is 4.96. The molecule has 3 nitrogen and oxygen atoms in total. The van der Waals surface area contributed by atoms with E-state index in [4.69, 9.17) is 4.74 Å². The van der Waals surface area contributed by atoms with Gasteiger partial charge in [-0.3, -0.25) is 4.79 Å². The van der Waals surface area contributed by atoms with E-state index in [0.29, 0.717) is 17.9 Å². The van der Waals surface area contributed by atoms with Crippen LogP contribution in [0.25, 0.3) is 0 Å². The lowest BCUT2D eigenvalue weighted by Crippen LogP contribution is -2.39. The van der Waals surface area contributed by atoms with Crippen molar-refractivity contribution in [2.45, 2.75) is 30.6 Å². The highest BCUT2D eigenvalue weighted by Crippen LogP contribution is 2.21. The van der Waals surface area contributed by atoms with E-state index in [1.165, 1.54) is 0 Å². The van der Waals surface area contributed by atoms with Crippen molar-refractivity contribution in [2.75, 3.05) is 20.3 Å². The molecule has 2 atom stereocenters. The maximum absolute atomic E-state index is 11.5. The third-order valence-electron chi connectivity index (χ3n) is 2.38. The lowest BCUT2D eigenvalue weighted by Gasteiger charge is -2.26. The molecule has 0 bridgehead atoms. The summed E-state index contributed by atoms with van der Waals surface area (Å²) in [7, 11) is 1.68. The predicted molar refractivity (Wildman–Crippen MR) is 55.0 cm³/mol. The molecule has 0 aromatic carbocycles. The molecule has 4 heteroatoms. The largest absolute Gasteiger partial charge is 0.383 e. The van der Waals surface area contributed by atoms with Gasteiger partial charge < -0.3 is 9.64 Å². The molecule has 0 N–H and O–H groups in total. The van der Waals surface area contributed by atoms with Crippen molar-refractivity contribution in [3.63, 3.8) is 0 Å². The van der Waals surface area contributed by atoms with Gasteiger partial charge in [0.25, 0.3) is 0 Å². The van der Waals surface area contributed by atoms with Crippen molar-refractivity contribution >= 4 is 21.8 Å². The lowest BCUT2D eigenvalue weighted by molar-refractivity contribution is -0.130. The average Bonchev–Trinajstić information content (AvgIpc) is 2.41. The number of nitrogens with zero attached hydrogens (tertiary/aromatic N) is 1. The van der Waals surface area contributed by atoms with Crippen molar-refractivity contribution in [3.8, 4) is 0 Å². The van der Waals surface area contributed by atoms with E-state index in [-0.39, 0.29) is 11.9 Å². The van der Waals surface area contributed by atoms with Crippen LogP contribution in [0.2, 0.25) is 0 Å². The summed E-state index contributed by atoms with van der Waals surface area (Å²) in [6, 6.07) is 0.250. The zero-order valence-corrected chi connectivity index (χ0v) is 9.71. The maximum Gasteiger partial charge on any atom is 0.224 e. The molecule has 76 valence electrons. The van der Waals surface area contributed by atoms with E-state index >= 15 is 0 Å². The average molecular weight is 250 g/mol. The molecule has 1 rings (SSSR count). The van der Waals surface area contributed by atoms with Gasteiger partial charge >= 0.3 is 0 Å². The molecule has 0 aliphatic carbocycles. The molecule has 0 radical (unpaired) electrons. The Morgan fingerprint density at radius 2 is 2.46 bits per heavy atom.